The van der Waals surface area contributed by atoms with E-state index in [-0.39, 0.29) is 11.9 Å². The first-order valence-electron chi connectivity index (χ1n) is 9.94. The maximum atomic E-state index is 13.4. The highest BCUT2D eigenvalue weighted by molar-refractivity contribution is 5.98. The van der Waals surface area contributed by atoms with Crippen LogP contribution in [0.4, 0.5) is 11.4 Å². The van der Waals surface area contributed by atoms with Gasteiger partial charge < -0.3 is 10.2 Å². The van der Waals surface area contributed by atoms with Gasteiger partial charge in [0.15, 0.2) is 0 Å². The standard InChI is InChI=1S/C25H26N2O/c1-18(2)19-12-14-22(15-13-19)26-25(28)24(21-9-4-3-5-10-21)27-17-16-20-8-6-7-11-23(20)27/h3-15,18,24H,16-17H2,1-2H3,(H,26,28). The van der Waals surface area contributed by atoms with E-state index in [2.05, 4.69) is 54.4 Å². The van der Waals surface area contributed by atoms with Gasteiger partial charge >= 0.3 is 0 Å². The Labute approximate surface area is 167 Å². The molecule has 1 heterocycles. The Balaban J connectivity index is 1.64. The molecule has 0 bridgehead atoms. The molecule has 3 nitrogen and oxygen atoms in total. The van der Waals surface area contributed by atoms with E-state index in [4.69, 9.17) is 0 Å². The highest BCUT2D eigenvalue weighted by Gasteiger charge is 2.32. The van der Waals surface area contributed by atoms with Crippen LogP contribution in [0.1, 0.15) is 42.5 Å². The van der Waals surface area contributed by atoms with Crippen molar-refractivity contribution in [2.45, 2.75) is 32.2 Å². The van der Waals surface area contributed by atoms with E-state index in [0.29, 0.717) is 5.92 Å². The summed E-state index contributed by atoms with van der Waals surface area (Å²) in [5.74, 6) is 0.475. The van der Waals surface area contributed by atoms with Crippen molar-refractivity contribution in [2.24, 2.45) is 0 Å². The molecule has 28 heavy (non-hydrogen) atoms. The van der Waals surface area contributed by atoms with Crippen molar-refractivity contribution >= 4 is 17.3 Å². The zero-order valence-electron chi connectivity index (χ0n) is 16.4. The number of para-hydroxylation sites is 1. The van der Waals surface area contributed by atoms with Gasteiger partial charge in [-0.3, -0.25) is 4.79 Å². The predicted octanol–water partition coefficient (Wildman–Crippen LogP) is 5.55. The van der Waals surface area contributed by atoms with Gasteiger partial charge in [0, 0.05) is 17.9 Å². The lowest BCUT2D eigenvalue weighted by Crippen LogP contribution is -2.36. The highest BCUT2D eigenvalue weighted by atomic mass is 16.2. The van der Waals surface area contributed by atoms with Crippen molar-refractivity contribution in [1.82, 2.24) is 0 Å². The molecule has 3 aromatic carbocycles. The Kier molecular flexibility index (Phi) is 5.16. The number of nitrogens with one attached hydrogen (secondary N) is 1. The van der Waals surface area contributed by atoms with Gasteiger partial charge in [-0.2, -0.15) is 0 Å². The van der Waals surface area contributed by atoms with E-state index in [0.717, 1.165) is 29.9 Å². The van der Waals surface area contributed by atoms with E-state index in [1.165, 1.54) is 11.1 Å². The lowest BCUT2D eigenvalue weighted by Gasteiger charge is -2.30. The number of nitrogens with zero attached hydrogens (tertiary/aromatic N) is 1. The number of hydrogen-bond donors (Lipinski definition) is 1. The number of amides is 1. The van der Waals surface area contributed by atoms with Crippen molar-refractivity contribution in [2.75, 3.05) is 16.8 Å². The van der Waals surface area contributed by atoms with Crippen LogP contribution in [0.2, 0.25) is 0 Å². The Hall–Kier alpha value is -3.07. The number of fused-ring (bicyclic) bond motifs is 1. The number of anilines is 2. The van der Waals surface area contributed by atoms with Crippen molar-refractivity contribution in [3.8, 4) is 0 Å². The third-order valence-corrected chi connectivity index (χ3v) is 5.44. The minimum atomic E-state index is -0.352. The average Bonchev–Trinajstić information content (AvgIpc) is 3.13. The smallest absolute Gasteiger partial charge is 0.251 e. The number of carbonyl (C=O) groups is 1. The molecule has 3 aromatic rings. The summed E-state index contributed by atoms with van der Waals surface area (Å²) < 4.78 is 0. The molecule has 0 radical (unpaired) electrons. The Bertz CT molecular complexity index is 948. The molecular formula is C25H26N2O. The fourth-order valence-electron chi connectivity index (χ4n) is 3.90. The van der Waals surface area contributed by atoms with Crippen LogP contribution in [0.5, 0.6) is 0 Å². The Morgan fingerprint density at radius 1 is 0.857 bits per heavy atom. The molecule has 0 aromatic heterocycles. The fourth-order valence-corrected chi connectivity index (χ4v) is 3.90. The van der Waals surface area contributed by atoms with Crippen LogP contribution >= 0.6 is 0 Å². The molecule has 0 fully saturated rings. The van der Waals surface area contributed by atoms with Crippen molar-refractivity contribution in [3.05, 3.63) is 95.6 Å². The van der Waals surface area contributed by atoms with Gasteiger partial charge in [0.05, 0.1) is 0 Å². The summed E-state index contributed by atoms with van der Waals surface area (Å²) in [4.78, 5) is 15.6. The van der Waals surface area contributed by atoms with Gasteiger partial charge in [0.25, 0.3) is 5.91 Å². The van der Waals surface area contributed by atoms with Gasteiger partial charge in [-0.1, -0.05) is 74.5 Å². The van der Waals surface area contributed by atoms with E-state index >= 15 is 0 Å². The van der Waals surface area contributed by atoms with Crippen molar-refractivity contribution in [3.63, 3.8) is 0 Å². The van der Waals surface area contributed by atoms with Gasteiger partial charge in [-0.25, -0.2) is 0 Å². The quantitative estimate of drug-likeness (QED) is 0.638. The summed E-state index contributed by atoms with van der Waals surface area (Å²) >= 11 is 0. The zero-order valence-corrected chi connectivity index (χ0v) is 16.4. The molecule has 4 rings (SSSR count). The topological polar surface area (TPSA) is 32.3 Å². The van der Waals surface area contributed by atoms with Crippen molar-refractivity contribution < 1.29 is 4.79 Å². The van der Waals surface area contributed by atoms with Crippen LogP contribution in [0.15, 0.2) is 78.9 Å². The first-order chi connectivity index (χ1) is 13.6. The average molecular weight is 370 g/mol. The minimum absolute atomic E-state index is 0.000185. The molecule has 1 aliphatic heterocycles. The van der Waals surface area contributed by atoms with E-state index < -0.39 is 0 Å². The molecule has 1 atom stereocenters. The van der Waals surface area contributed by atoms with Crippen LogP contribution < -0.4 is 10.2 Å². The number of rotatable bonds is 5. The van der Waals surface area contributed by atoms with Crippen LogP contribution in [0.25, 0.3) is 0 Å². The number of benzene rings is 3. The molecule has 1 unspecified atom stereocenters. The number of carbonyl (C=O) groups excluding carboxylic acids is 1. The van der Waals surface area contributed by atoms with Crippen LogP contribution in [-0.2, 0) is 11.2 Å². The monoisotopic (exact) mass is 370 g/mol. The number of hydrogen-bond acceptors (Lipinski definition) is 2. The summed E-state index contributed by atoms with van der Waals surface area (Å²) in [6.45, 7) is 5.19. The summed E-state index contributed by atoms with van der Waals surface area (Å²) in [6, 6.07) is 26.2. The molecule has 0 saturated heterocycles. The molecule has 142 valence electrons. The van der Waals surface area contributed by atoms with E-state index in [9.17, 15) is 4.79 Å². The first-order valence-corrected chi connectivity index (χ1v) is 9.94. The normalized spacial score (nSPS) is 14.0. The molecule has 0 spiro atoms. The van der Waals surface area contributed by atoms with Crippen LogP contribution in [0.3, 0.4) is 0 Å². The molecule has 1 N–H and O–H groups in total. The van der Waals surface area contributed by atoms with Gasteiger partial charge in [-0.05, 0) is 47.2 Å². The second kappa shape index (κ2) is 7.89. The second-order valence-electron chi connectivity index (χ2n) is 7.65. The molecule has 1 amide bonds. The largest absolute Gasteiger partial charge is 0.355 e. The maximum absolute atomic E-state index is 13.4. The van der Waals surface area contributed by atoms with Gasteiger partial charge in [0.1, 0.15) is 6.04 Å². The van der Waals surface area contributed by atoms with Crippen LogP contribution in [0, 0.1) is 0 Å². The Morgan fingerprint density at radius 3 is 2.25 bits per heavy atom. The molecule has 0 saturated carbocycles. The molecule has 0 aliphatic carbocycles. The summed E-state index contributed by atoms with van der Waals surface area (Å²) in [6.07, 6.45) is 0.968. The van der Waals surface area contributed by atoms with Crippen LogP contribution in [-0.4, -0.2) is 12.5 Å². The van der Waals surface area contributed by atoms with E-state index in [1.807, 2.05) is 48.5 Å². The summed E-state index contributed by atoms with van der Waals surface area (Å²) in [5, 5.41) is 3.13. The Morgan fingerprint density at radius 2 is 1.54 bits per heavy atom. The van der Waals surface area contributed by atoms with E-state index in [1.54, 1.807) is 0 Å². The summed E-state index contributed by atoms with van der Waals surface area (Å²) in [5.41, 5.74) is 5.57. The minimum Gasteiger partial charge on any atom is -0.355 e. The van der Waals surface area contributed by atoms with Gasteiger partial charge in [-0.15, -0.1) is 0 Å². The lowest BCUT2D eigenvalue weighted by molar-refractivity contribution is -0.117. The SMILES string of the molecule is CC(C)c1ccc(NC(=O)C(c2ccccc2)N2CCc3ccccc32)cc1. The molecular weight excluding hydrogens is 344 g/mol. The second-order valence-corrected chi connectivity index (χ2v) is 7.65. The van der Waals surface area contributed by atoms with Crippen molar-refractivity contribution in [1.29, 1.82) is 0 Å². The third kappa shape index (κ3) is 3.65. The highest BCUT2D eigenvalue weighted by Crippen LogP contribution is 2.35. The molecule has 3 heteroatoms. The molecule has 1 aliphatic rings. The fraction of sp³-hybridized carbons (Fsp3) is 0.240. The lowest BCUT2D eigenvalue weighted by atomic mass is 10.0. The summed E-state index contributed by atoms with van der Waals surface area (Å²) in [7, 11) is 0. The third-order valence-electron chi connectivity index (χ3n) is 5.44. The predicted molar refractivity (Wildman–Crippen MR) is 116 cm³/mol. The first kappa shape index (κ1) is 18.3. The van der Waals surface area contributed by atoms with Gasteiger partial charge in [0.2, 0.25) is 0 Å². The maximum Gasteiger partial charge on any atom is 0.251 e. The zero-order chi connectivity index (χ0) is 19.5.